The van der Waals surface area contributed by atoms with E-state index >= 15 is 0 Å². The first-order valence-corrected chi connectivity index (χ1v) is 11.0. The van der Waals surface area contributed by atoms with Gasteiger partial charge in [-0.1, -0.05) is 0 Å². The number of nitrogens with one attached hydrogen (secondary N) is 2. The third-order valence-corrected chi connectivity index (χ3v) is 6.19. The zero-order chi connectivity index (χ0) is 24.3. The van der Waals surface area contributed by atoms with E-state index in [0.717, 1.165) is 19.8 Å². The average molecular weight is 470 g/mol. The molecule has 12 heteroatoms. The van der Waals surface area contributed by atoms with Crippen molar-refractivity contribution in [3.05, 3.63) is 29.8 Å². The van der Waals surface area contributed by atoms with Gasteiger partial charge in [0, 0.05) is 57.4 Å². The molecule has 1 atom stereocenters. The summed E-state index contributed by atoms with van der Waals surface area (Å²) in [4.78, 5) is 37.8. The molecule has 0 saturated carbocycles. The van der Waals surface area contributed by atoms with Gasteiger partial charge in [-0.2, -0.15) is 8.78 Å². The molecule has 34 heavy (non-hydrogen) atoms. The SMILES string of the molecule is CC(=O)Nc1cc2c(cn1)c(N1CCC3(CCC(=O)N3)C1)nn2-c1cc(C)nc(C(C)(F)F)n1. The molecule has 5 rings (SSSR count). The van der Waals surface area contributed by atoms with E-state index in [-0.39, 0.29) is 23.2 Å². The van der Waals surface area contributed by atoms with Crippen molar-refractivity contribution in [1.29, 1.82) is 0 Å². The number of fused-ring (bicyclic) bond motifs is 1. The van der Waals surface area contributed by atoms with Crippen molar-refractivity contribution in [2.45, 2.75) is 51.5 Å². The molecule has 2 aliphatic heterocycles. The fourth-order valence-electron chi connectivity index (χ4n) is 4.64. The van der Waals surface area contributed by atoms with Crippen molar-refractivity contribution < 1.29 is 18.4 Å². The van der Waals surface area contributed by atoms with Crippen molar-refractivity contribution in [2.75, 3.05) is 23.3 Å². The third-order valence-electron chi connectivity index (χ3n) is 6.19. The number of anilines is 2. The van der Waals surface area contributed by atoms with E-state index in [2.05, 4.69) is 30.5 Å². The highest BCUT2D eigenvalue weighted by Gasteiger charge is 2.44. The van der Waals surface area contributed by atoms with Crippen LogP contribution in [0, 0.1) is 6.92 Å². The molecule has 0 aliphatic carbocycles. The Labute approximate surface area is 193 Å². The van der Waals surface area contributed by atoms with Gasteiger partial charge in [0.2, 0.25) is 17.6 Å². The first-order valence-electron chi connectivity index (χ1n) is 11.0. The Balaban J connectivity index is 1.64. The first-order chi connectivity index (χ1) is 16.0. The van der Waals surface area contributed by atoms with Crippen LogP contribution in [0.2, 0.25) is 0 Å². The number of hydrogen-bond donors (Lipinski definition) is 2. The van der Waals surface area contributed by atoms with Crippen LogP contribution in [0.15, 0.2) is 18.3 Å². The lowest BCUT2D eigenvalue weighted by Crippen LogP contribution is -2.44. The van der Waals surface area contributed by atoms with Crippen LogP contribution in [0.4, 0.5) is 20.4 Å². The Morgan fingerprint density at radius 3 is 2.74 bits per heavy atom. The number of aryl methyl sites for hydroxylation is 1. The average Bonchev–Trinajstić information content (AvgIpc) is 3.43. The van der Waals surface area contributed by atoms with Crippen LogP contribution in [0.1, 0.15) is 44.6 Å². The summed E-state index contributed by atoms with van der Waals surface area (Å²) >= 11 is 0. The molecule has 3 aromatic heterocycles. The monoisotopic (exact) mass is 470 g/mol. The maximum absolute atomic E-state index is 14.0. The van der Waals surface area contributed by atoms with Crippen LogP contribution in [-0.4, -0.2) is 55.2 Å². The predicted molar refractivity (Wildman–Crippen MR) is 120 cm³/mol. The molecule has 0 aromatic carbocycles. The predicted octanol–water partition coefficient (Wildman–Crippen LogP) is 2.45. The first kappa shape index (κ1) is 22.1. The molecule has 3 aromatic rings. The lowest BCUT2D eigenvalue weighted by Gasteiger charge is -2.23. The largest absolute Gasteiger partial charge is 0.352 e. The summed E-state index contributed by atoms with van der Waals surface area (Å²) in [5.41, 5.74) is 0.630. The van der Waals surface area contributed by atoms with Gasteiger partial charge in [0.15, 0.2) is 11.6 Å². The summed E-state index contributed by atoms with van der Waals surface area (Å²) in [5.74, 6) is -2.97. The molecule has 2 amide bonds. The second-order valence-electron chi connectivity index (χ2n) is 9.08. The van der Waals surface area contributed by atoms with E-state index in [9.17, 15) is 18.4 Å². The minimum Gasteiger partial charge on any atom is -0.352 e. The number of amides is 2. The highest BCUT2D eigenvalue weighted by Crippen LogP contribution is 2.37. The minimum atomic E-state index is -3.22. The third kappa shape index (κ3) is 3.93. The fourth-order valence-corrected chi connectivity index (χ4v) is 4.64. The van der Waals surface area contributed by atoms with Gasteiger partial charge in [-0.3, -0.25) is 9.59 Å². The molecule has 1 spiro atoms. The Morgan fingerprint density at radius 1 is 1.26 bits per heavy atom. The maximum atomic E-state index is 14.0. The molecular formula is C22H24F2N8O2. The Morgan fingerprint density at radius 2 is 2.06 bits per heavy atom. The van der Waals surface area contributed by atoms with Crippen LogP contribution in [0.3, 0.4) is 0 Å². The van der Waals surface area contributed by atoms with Crippen molar-refractivity contribution in [3.8, 4) is 5.82 Å². The van der Waals surface area contributed by atoms with Crippen LogP contribution in [0.5, 0.6) is 0 Å². The van der Waals surface area contributed by atoms with Gasteiger partial charge < -0.3 is 15.5 Å². The number of hydrogen-bond acceptors (Lipinski definition) is 7. The maximum Gasteiger partial charge on any atom is 0.303 e. The molecule has 2 fully saturated rings. The Bertz CT molecular complexity index is 1320. The number of halogens is 2. The van der Waals surface area contributed by atoms with Gasteiger partial charge in [-0.15, -0.1) is 5.10 Å². The van der Waals surface area contributed by atoms with E-state index in [0.29, 0.717) is 47.7 Å². The van der Waals surface area contributed by atoms with E-state index in [1.165, 1.54) is 11.6 Å². The fraction of sp³-hybridized carbons (Fsp3) is 0.455. The summed E-state index contributed by atoms with van der Waals surface area (Å²) in [6.07, 6.45) is 3.63. The summed E-state index contributed by atoms with van der Waals surface area (Å²) in [7, 11) is 0. The van der Waals surface area contributed by atoms with Crippen LogP contribution >= 0.6 is 0 Å². The van der Waals surface area contributed by atoms with Crippen molar-refractivity contribution in [1.82, 2.24) is 30.0 Å². The van der Waals surface area contributed by atoms with Gasteiger partial charge in [0.25, 0.3) is 0 Å². The molecule has 2 saturated heterocycles. The molecule has 0 bridgehead atoms. The molecule has 178 valence electrons. The Hall–Kier alpha value is -3.70. The zero-order valence-electron chi connectivity index (χ0n) is 19.0. The topological polar surface area (TPSA) is 118 Å². The standard InChI is InChI=1S/C22H24F2N8O2/c1-12-8-17(28-20(26-12)21(3,23)24)32-15-9-16(27-13(2)33)25-10-14(15)19(30-32)31-7-6-22(11-31)5-4-18(34)29-22/h8-10H,4-7,11H2,1-3H3,(H,29,34)(H,25,27,33). The van der Waals surface area contributed by atoms with E-state index in [1.807, 2.05) is 0 Å². The van der Waals surface area contributed by atoms with Crippen molar-refractivity contribution in [3.63, 3.8) is 0 Å². The summed E-state index contributed by atoms with van der Waals surface area (Å²) in [6.45, 7) is 4.98. The van der Waals surface area contributed by atoms with E-state index in [4.69, 9.17) is 5.10 Å². The molecular weight excluding hydrogens is 446 g/mol. The number of pyridine rings is 1. The van der Waals surface area contributed by atoms with Gasteiger partial charge >= 0.3 is 5.92 Å². The molecule has 5 heterocycles. The number of nitrogens with zero attached hydrogens (tertiary/aromatic N) is 6. The molecule has 2 aliphatic rings. The van der Waals surface area contributed by atoms with Gasteiger partial charge in [0.05, 0.1) is 16.4 Å². The number of carbonyl (C=O) groups is 2. The minimum absolute atomic E-state index is 0.0448. The smallest absolute Gasteiger partial charge is 0.303 e. The normalized spacial score (nSPS) is 20.4. The van der Waals surface area contributed by atoms with Gasteiger partial charge in [-0.25, -0.2) is 19.6 Å². The second kappa shape index (κ2) is 7.67. The van der Waals surface area contributed by atoms with Crippen molar-refractivity contribution >= 4 is 34.4 Å². The quantitative estimate of drug-likeness (QED) is 0.601. The van der Waals surface area contributed by atoms with Crippen LogP contribution in [0.25, 0.3) is 16.7 Å². The van der Waals surface area contributed by atoms with E-state index < -0.39 is 11.7 Å². The molecule has 1 unspecified atom stereocenters. The number of rotatable bonds is 4. The lowest BCUT2D eigenvalue weighted by molar-refractivity contribution is -0.119. The highest BCUT2D eigenvalue weighted by atomic mass is 19.3. The number of carbonyl (C=O) groups excluding carboxylic acids is 2. The summed E-state index contributed by atoms with van der Waals surface area (Å²) in [6, 6.07) is 3.21. The molecule has 10 nitrogen and oxygen atoms in total. The molecule has 2 N–H and O–H groups in total. The molecule has 0 radical (unpaired) electrons. The van der Waals surface area contributed by atoms with Crippen LogP contribution < -0.4 is 15.5 Å². The highest BCUT2D eigenvalue weighted by molar-refractivity contribution is 5.95. The van der Waals surface area contributed by atoms with E-state index in [1.54, 1.807) is 25.3 Å². The van der Waals surface area contributed by atoms with Gasteiger partial charge in [-0.05, 0) is 19.8 Å². The number of aromatic nitrogens is 5. The lowest BCUT2D eigenvalue weighted by atomic mass is 9.97. The zero-order valence-corrected chi connectivity index (χ0v) is 19.0. The van der Waals surface area contributed by atoms with Gasteiger partial charge in [0.1, 0.15) is 5.82 Å². The van der Waals surface area contributed by atoms with Crippen LogP contribution in [-0.2, 0) is 15.5 Å². The van der Waals surface area contributed by atoms with Crippen molar-refractivity contribution in [2.24, 2.45) is 0 Å². The number of alkyl halides is 2. The summed E-state index contributed by atoms with van der Waals surface area (Å²) in [5, 5.41) is 11.2. The summed E-state index contributed by atoms with van der Waals surface area (Å²) < 4.78 is 29.6. The second-order valence-corrected chi connectivity index (χ2v) is 9.08. The Kier molecular flexibility index (Phi) is 4.99.